The molecule has 0 aromatic carbocycles. The van der Waals surface area contributed by atoms with Crippen LogP contribution in [0.5, 0.6) is 0 Å². The molecule has 1 heterocycles. The summed E-state index contributed by atoms with van der Waals surface area (Å²) in [6.07, 6.45) is -0.873. The molecule has 5 nitrogen and oxygen atoms in total. The maximum absolute atomic E-state index is 12.1. The van der Waals surface area contributed by atoms with E-state index >= 15 is 0 Å². The largest absolute Gasteiger partial charge is 0.465 e. The van der Waals surface area contributed by atoms with Crippen molar-refractivity contribution in [2.45, 2.75) is 58.9 Å². The van der Waals surface area contributed by atoms with Crippen molar-refractivity contribution < 1.29 is 23.5 Å². The third kappa shape index (κ3) is 3.06. The van der Waals surface area contributed by atoms with Gasteiger partial charge >= 0.3 is 11.9 Å². The highest BCUT2D eigenvalue weighted by molar-refractivity contribution is 6.74. The molecule has 1 rings (SSSR count). The standard InChI is InChI=1S/C14H26O5Si/c1-8-17-12(16)14(5)9-18-11(15)10(14)19-20(6,7)13(2,3)4/h10H,8-9H2,1-7H3/t10-,14-/m0/s1. The Kier molecular flexibility index (Phi) is 4.71. The van der Waals surface area contributed by atoms with Crippen LogP contribution in [-0.2, 0) is 23.5 Å². The van der Waals surface area contributed by atoms with Crippen molar-refractivity contribution in [3.8, 4) is 0 Å². The molecule has 0 aliphatic carbocycles. The quantitative estimate of drug-likeness (QED) is 0.590. The van der Waals surface area contributed by atoms with Crippen molar-refractivity contribution in [3.05, 3.63) is 0 Å². The van der Waals surface area contributed by atoms with Crippen LogP contribution in [0, 0.1) is 5.41 Å². The van der Waals surface area contributed by atoms with Crippen LogP contribution in [0.25, 0.3) is 0 Å². The molecule has 0 aromatic rings. The average Bonchev–Trinajstić information content (AvgIpc) is 2.57. The summed E-state index contributed by atoms with van der Waals surface area (Å²) >= 11 is 0. The molecule has 1 fully saturated rings. The number of ether oxygens (including phenoxy) is 2. The zero-order valence-corrected chi connectivity index (χ0v) is 14.5. The lowest BCUT2D eigenvalue weighted by Gasteiger charge is -2.39. The Bertz CT molecular complexity index is 399. The minimum Gasteiger partial charge on any atom is -0.465 e. The Morgan fingerprint density at radius 3 is 2.45 bits per heavy atom. The first-order valence-electron chi connectivity index (χ1n) is 6.97. The highest BCUT2D eigenvalue weighted by atomic mass is 28.4. The lowest BCUT2D eigenvalue weighted by atomic mass is 9.87. The van der Waals surface area contributed by atoms with E-state index in [1.54, 1.807) is 13.8 Å². The van der Waals surface area contributed by atoms with Gasteiger partial charge in [0, 0.05) is 0 Å². The molecule has 0 spiro atoms. The van der Waals surface area contributed by atoms with Crippen LogP contribution in [0.1, 0.15) is 34.6 Å². The lowest BCUT2D eigenvalue weighted by Crippen LogP contribution is -2.52. The SMILES string of the molecule is CCOC(=O)[C@@]1(C)COC(=O)[C@@H]1O[Si](C)(C)C(C)(C)C. The Balaban J connectivity index is 3.01. The highest BCUT2D eigenvalue weighted by Gasteiger charge is 2.57. The van der Waals surface area contributed by atoms with Gasteiger partial charge in [0.15, 0.2) is 14.4 Å². The molecule has 1 aliphatic heterocycles. The zero-order chi connectivity index (χ0) is 15.8. The molecule has 2 atom stereocenters. The number of hydrogen-bond acceptors (Lipinski definition) is 5. The van der Waals surface area contributed by atoms with Gasteiger partial charge in [-0.15, -0.1) is 0 Å². The molecule has 0 radical (unpaired) electrons. The third-order valence-corrected chi connectivity index (χ3v) is 8.70. The Hall–Kier alpha value is -0.883. The Morgan fingerprint density at radius 1 is 1.45 bits per heavy atom. The van der Waals surface area contributed by atoms with E-state index in [0.717, 1.165) is 0 Å². The molecule has 20 heavy (non-hydrogen) atoms. The van der Waals surface area contributed by atoms with Crippen molar-refractivity contribution in [3.63, 3.8) is 0 Å². The van der Waals surface area contributed by atoms with Crippen molar-refractivity contribution in [2.24, 2.45) is 5.41 Å². The van der Waals surface area contributed by atoms with Gasteiger partial charge in [0.2, 0.25) is 0 Å². The second-order valence-electron chi connectivity index (χ2n) is 7.00. The maximum atomic E-state index is 12.1. The summed E-state index contributed by atoms with van der Waals surface area (Å²) in [6, 6.07) is 0. The van der Waals surface area contributed by atoms with E-state index in [9.17, 15) is 9.59 Å². The molecule has 1 aliphatic rings. The van der Waals surface area contributed by atoms with Crippen LogP contribution < -0.4 is 0 Å². The fourth-order valence-corrected chi connectivity index (χ4v) is 3.04. The minimum absolute atomic E-state index is 0.0178. The van der Waals surface area contributed by atoms with Crippen LogP contribution in [0.4, 0.5) is 0 Å². The summed E-state index contributed by atoms with van der Waals surface area (Å²) in [4.78, 5) is 24.1. The summed E-state index contributed by atoms with van der Waals surface area (Å²) in [5.74, 6) is -0.903. The first-order chi connectivity index (χ1) is 8.95. The molecule has 0 unspecified atom stereocenters. The zero-order valence-electron chi connectivity index (χ0n) is 13.5. The first kappa shape index (κ1) is 17.2. The monoisotopic (exact) mass is 302 g/mol. The summed E-state index contributed by atoms with van der Waals surface area (Å²) in [7, 11) is -2.18. The van der Waals surface area contributed by atoms with E-state index in [2.05, 4.69) is 20.8 Å². The Labute approximate surface area is 122 Å². The molecular formula is C14H26O5Si. The van der Waals surface area contributed by atoms with Gasteiger partial charge in [-0.05, 0) is 32.0 Å². The molecule has 6 heteroatoms. The normalized spacial score (nSPS) is 27.4. The van der Waals surface area contributed by atoms with E-state index < -0.39 is 31.8 Å². The van der Waals surface area contributed by atoms with Crippen LogP contribution in [0.15, 0.2) is 0 Å². The van der Waals surface area contributed by atoms with Gasteiger partial charge in [0.1, 0.15) is 12.0 Å². The molecule has 0 bridgehead atoms. The van der Waals surface area contributed by atoms with Gasteiger partial charge in [-0.3, -0.25) is 4.79 Å². The molecule has 0 N–H and O–H groups in total. The Morgan fingerprint density at radius 2 is 2.00 bits per heavy atom. The van der Waals surface area contributed by atoms with Crippen LogP contribution in [0.3, 0.4) is 0 Å². The van der Waals surface area contributed by atoms with Gasteiger partial charge in [-0.2, -0.15) is 0 Å². The van der Waals surface area contributed by atoms with Crippen molar-refractivity contribution in [1.29, 1.82) is 0 Å². The third-order valence-electron chi connectivity index (χ3n) is 4.27. The molecule has 0 saturated carbocycles. The molecule has 0 aromatic heterocycles. The first-order valence-corrected chi connectivity index (χ1v) is 9.88. The second kappa shape index (κ2) is 5.48. The highest BCUT2D eigenvalue weighted by Crippen LogP contribution is 2.42. The van der Waals surface area contributed by atoms with Gasteiger partial charge in [0.05, 0.1) is 6.61 Å². The number of rotatable bonds is 4. The van der Waals surface area contributed by atoms with E-state index in [0.29, 0.717) is 0 Å². The number of esters is 2. The smallest absolute Gasteiger partial charge is 0.335 e. The van der Waals surface area contributed by atoms with E-state index in [1.807, 2.05) is 13.1 Å². The average molecular weight is 302 g/mol. The summed E-state index contributed by atoms with van der Waals surface area (Å²) in [5, 5.41) is -0.0502. The molecule has 0 amide bonds. The summed E-state index contributed by atoms with van der Waals surface area (Å²) in [6.45, 7) is 14.0. The van der Waals surface area contributed by atoms with E-state index in [-0.39, 0.29) is 18.3 Å². The molecular weight excluding hydrogens is 276 g/mol. The van der Waals surface area contributed by atoms with Gasteiger partial charge in [-0.1, -0.05) is 20.8 Å². The topological polar surface area (TPSA) is 61.8 Å². The van der Waals surface area contributed by atoms with Gasteiger partial charge in [0.25, 0.3) is 0 Å². The van der Waals surface area contributed by atoms with Gasteiger partial charge < -0.3 is 13.9 Å². The second-order valence-corrected chi connectivity index (χ2v) is 11.8. The van der Waals surface area contributed by atoms with Crippen molar-refractivity contribution in [1.82, 2.24) is 0 Å². The van der Waals surface area contributed by atoms with E-state index in [1.165, 1.54) is 0 Å². The number of carbonyl (C=O) groups is 2. The number of carbonyl (C=O) groups excluding carboxylic acids is 2. The van der Waals surface area contributed by atoms with Crippen LogP contribution >= 0.6 is 0 Å². The summed E-state index contributed by atoms with van der Waals surface area (Å²) < 4.78 is 16.3. The van der Waals surface area contributed by atoms with Gasteiger partial charge in [-0.25, -0.2) is 4.79 Å². The number of hydrogen-bond donors (Lipinski definition) is 0. The lowest BCUT2D eigenvalue weighted by molar-refractivity contribution is -0.159. The molecule has 1 saturated heterocycles. The fourth-order valence-electron chi connectivity index (χ4n) is 1.74. The number of cyclic esters (lactones) is 1. The van der Waals surface area contributed by atoms with Crippen molar-refractivity contribution in [2.75, 3.05) is 13.2 Å². The minimum atomic E-state index is -2.18. The van der Waals surface area contributed by atoms with Crippen LogP contribution in [0.2, 0.25) is 18.1 Å². The van der Waals surface area contributed by atoms with Crippen LogP contribution in [-0.4, -0.2) is 39.6 Å². The fraction of sp³-hybridized carbons (Fsp3) is 0.857. The molecule has 116 valence electrons. The summed E-state index contributed by atoms with van der Waals surface area (Å²) in [5.41, 5.74) is -1.05. The van der Waals surface area contributed by atoms with E-state index in [4.69, 9.17) is 13.9 Å². The van der Waals surface area contributed by atoms with Crippen molar-refractivity contribution >= 4 is 20.3 Å². The predicted molar refractivity (Wildman–Crippen MR) is 77.8 cm³/mol. The maximum Gasteiger partial charge on any atom is 0.335 e. The predicted octanol–water partition coefficient (Wildman–Crippen LogP) is 2.50.